The highest BCUT2D eigenvalue weighted by Gasteiger charge is 2.24. The van der Waals surface area contributed by atoms with Gasteiger partial charge in [0.05, 0.1) is 6.04 Å². The van der Waals surface area contributed by atoms with Gasteiger partial charge >= 0.3 is 0 Å². The summed E-state index contributed by atoms with van der Waals surface area (Å²) in [5.41, 5.74) is 0. The molecule has 2 rings (SSSR count). The molecule has 1 aliphatic rings. The molecule has 1 unspecified atom stereocenters. The second kappa shape index (κ2) is 8.48. The lowest BCUT2D eigenvalue weighted by molar-refractivity contribution is -0.123. The smallest absolute Gasteiger partial charge is 0.220 e. The molecule has 1 atom stereocenters. The summed E-state index contributed by atoms with van der Waals surface area (Å²) in [7, 11) is 1.98. The van der Waals surface area contributed by atoms with Crippen LogP contribution in [0.1, 0.15) is 64.7 Å². The molecule has 1 aromatic heterocycles. The van der Waals surface area contributed by atoms with E-state index in [1.165, 1.54) is 0 Å². The maximum atomic E-state index is 12.5. The van der Waals surface area contributed by atoms with Gasteiger partial charge in [-0.05, 0) is 52.1 Å². The number of likely N-dealkylation sites (tertiary alicyclic amines) is 1. The molecule has 0 saturated carbocycles. The molecule has 23 heavy (non-hydrogen) atoms. The molecule has 5 nitrogen and oxygen atoms in total. The van der Waals surface area contributed by atoms with Gasteiger partial charge in [-0.2, -0.15) is 0 Å². The van der Waals surface area contributed by atoms with E-state index in [1.807, 2.05) is 17.8 Å². The highest BCUT2D eigenvalue weighted by Crippen LogP contribution is 2.23. The van der Waals surface area contributed by atoms with Gasteiger partial charge in [0.2, 0.25) is 5.91 Å². The number of piperidine rings is 1. The Hall–Kier alpha value is -1.36. The number of carbonyl (C=O) groups is 1. The quantitative estimate of drug-likeness (QED) is 0.840. The van der Waals surface area contributed by atoms with Gasteiger partial charge in [-0.15, -0.1) is 0 Å². The van der Waals surface area contributed by atoms with Crippen molar-refractivity contribution in [3.05, 3.63) is 18.2 Å². The van der Waals surface area contributed by atoms with Crippen LogP contribution < -0.4 is 5.32 Å². The first kappa shape index (κ1) is 18.0. The first-order valence-corrected chi connectivity index (χ1v) is 9.01. The van der Waals surface area contributed by atoms with Crippen LogP contribution in [0.25, 0.3) is 0 Å². The van der Waals surface area contributed by atoms with Crippen LogP contribution in [-0.2, 0) is 11.8 Å². The first-order valence-electron chi connectivity index (χ1n) is 9.01. The molecule has 130 valence electrons. The average Bonchev–Trinajstić information content (AvgIpc) is 2.93. The fourth-order valence-electron chi connectivity index (χ4n) is 3.46. The van der Waals surface area contributed by atoms with Crippen LogP contribution in [0.3, 0.4) is 0 Å². The Morgan fingerprint density at radius 2 is 2.09 bits per heavy atom. The maximum absolute atomic E-state index is 12.5. The average molecular weight is 320 g/mol. The highest BCUT2D eigenvalue weighted by atomic mass is 16.1. The second-order valence-electron chi connectivity index (χ2n) is 7.08. The standard InChI is InChI=1S/C18H32N4O/c1-5-6-16(18-19-9-12-21(18)4)20-17(23)13-15-7-10-22(11-8-15)14(2)3/h9,12,14-16H,5-8,10-11,13H2,1-4H3,(H,20,23). The zero-order valence-corrected chi connectivity index (χ0v) is 15.1. The Labute approximate surface area is 140 Å². The van der Waals surface area contributed by atoms with Crippen LogP contribution >= 0.6 is 0 Å². The molecular weight excluding hydrogens is 288 g/mol. The van der Waals surface area contributed by atoms with E-state index in [0.29, 0.717) is 18.4 Å². The van der Waals surface area contributed by atoms with Crippen LogP contribution in [0.2, 0.25) is 0 Å². The van der Waals surface area contributed by atoms with Gasteiger partial charge in [-0.3, -0.25) is 4.79 Å². The lowest BCUT2D eigenvalue weighted by atomic mass is 9.92. The van der Waals surface area contributed by atoms with Gasteiger partial charge in [0.15, 0.2) is 0 Å². The molecule has 0 radical (unpaired) electrons. The van der Waals surface area contributed by atoms with Crippen molar-refractivity contribution in [1.82, 2.24) is 19.8 Å². The summed E-state index contributed by atoms with van der Waals surface area (Å²) in [6.45, 7) is 8.87. The van der Waals surface area contributed by atoms with Crippen molar-refractivity contribution in [2.24, 2.45) is 13.0 Å². The van der Waals surface area contributed by atoms with Crippen LogP contribution in [0.4, 0.5) is 0 Å². The van der Waals surface area contributed by atoms with Crippen LogP contribution in [0.5, 0.6) is 0 Å². The molecule has 2 heterocycles. The van der Waals surface area contributed by atoms with E-state index in [1.54, 1.807) is 6.20 Å². The molecule has 0 spiro atoms. The zero-order valence-electron chi connectivity index (χ0n) is 15.1. The Morgan fingerprint density at radius 1 is 1.39 bits per heavy atom. The van der Waals surface area contributed by atoms with Crippen LogP contribution in [0, 0.1) is 5.92 Å². The van der Waals surface area contributed by atoms with E-state index in [2.05, 4.69) is 36.0 Å². The SMILES string of the molecule is CCCC(NC(=O)CC1CCN(C(C)C)CC1)c1nccn1C. The van der Waals surface area contributed by atoms with E-state index in [-0.39, 0.29) is 11.9 Å². The zero-order chi connectivity index (χ0) is 16.8. The molecule has 1 saturated heterocycles. The molecule has 0 aromatic carbocycles. The minimum Gasteiger partial charge on any atom is -0.346 e. The summed E-state index contributed by atoms with van der Waals surface area (Å²) in [4.78, 5) is 19.4. The number of aryl methyl sites for hydroxylation is 1. The summed E-state index contributed by atoms with van der Waals surface area (Å²) in [5, 5.41) is 3.21. The van der Waals surface area contributed by atoms with Crippen LogP contribution in [0.15, 0.2) is 12.4 Å². The highest BCUT2D eigenvalue weighted by molar-refractivity contribution is 5.76. The molecular formula is C18H32N4O. The molecule has 1 aromatic rings. The maximum Gasteiger partial charge on any atom is 0.220 e. The summed E-state index contributed by atoms with van der Waals surface area (Å²) >= 11 is 0. The number of carbonyl (C=O) groups excluding carboxylic acids is 1. The number of aromatic nitrogens is 2. The summed E-state index contributed by atoms with van der Waals surface area (Å²) in [6.07, 6.45) is 8.61. The van der Waals surface area contributed by atoms with Gasteiger partial charge in [-0.1, -0.05) is 13.3 Å². The van der Waals surface area contributed by atoms with Crippen molar-refractivity contribution in [2.75, 3.05) is 13.1 Å². The number of rotatable bonds is 7. The van der Waals surface area contributed by atoms with Crippen molar-refractivity contribution < 1.29 is 4.79 Å². The molecule has 1 N–H and O–H groups in total. The lowest BCUT2D eigenvalue weighted by Gasteiger charge is -2.34. The second-order valence-corrected chi connectivity index (χ2v) is 7.08. The van der Waals surface area contributed by atoms with Gasteiger partial charge in [-0.25, -0.2) is 4.98 Å². The monoisotopic (exact) mass is 320 g/mol. The molecule has 1 amide bonds. The van der Waals surface area contributed by atoms with Crippen molar-refractivity contribution in [3.63, 3.8) is 0 Å². The minimum absolute atomic E-state index is 0.0308. The largest absolute Gasteiger partial charge is 0.346 e. The fraction of sp³-hybridized carbons (Fsp3) is 0.778. The van der Waals surface area contributed by atoms with Crippen molar-refractivity contribution >= 4 is 5.91 Å². The number of nitrogens with one attached hydrogen (secondary N) is 1. The van der Waals surface area contributed by atoms with Gasteiger partial charge in [0.25, 0.3) is 0 Å². The predicted octanol–water partition coefficient (Wildman–Crippen LogP) is 2.89. The Morgan fingerprint density at radius 3 is 2.61 bits per heavy atom. The van der Waals surface area contributed by atoms with Gasteiger partial charge < -0.3 is 14.8 Å². The molecule has 0 bridgehead atoms. The molecule has 0 aliphatic carbocycles. The third-order valence-corrected chi connectivity index (χ3v) is 4.94. The Bertz CT molecular complexity index is 489. The van der Waals surface area contributed by atoms with Crippen molar-refractivity contribution in [3.8, 4) is 0 Å². The van der Waals surface area contributed by atoms with Gasteiger partial charge in [0.1, 0.15) is 5.82 Å². The lowest BCUT2D eigenvalue weighted by Crippen LogP contribution is -2.40. The molecule has 1 aliphatic heterocycles. The fourth-order valence-corrected chi connectivity index (χ4v) is 3.46. The van der Waals surface area contributed by atoms with Crippen LogP contribution in [-0.4, -0.2) is 39.5 Å². The number of hydrogen-bond donors (Lipinski definition) is 1. The number of amides is 1. The third kappa shape index (κ3) is 5.06. The number of hydrogen-bond acceptors (Lipinski definition) is 3. The van der Waals surface area contributed by atoms with E-state index >= 15 is 0 Å². The third-order valence-electron chi connectivity index (χ3n) is 4.94. The van der Waals surface area contributed by atoms with Gasteiger partial charge in [0, 0.05) is 31.9 Å². The summed E-state index contributed by atoms with van der Waals surface area (Å²) < 4.78 is 2.00. The van der Waals surface area contributed by atoms with Crippen molar-refractivity contribution in [1.29, 1.82) is 0 Å². The number of imidazole rings is 1. The molecule has 5 heteroatoms. The summed E-state index contributed by atoms with van der Waals surface area (Å²) in [5.74, 6) is 1.65. The van der Waals surface area contributed by atoms with E-state index in [9.17, 15) is 4.79 Å². The predicted molar refractivity (Wildman–Crippen MR) is 93.0 cm³/mol. The van der Waals surface area contributed by atoms with E-state index in [0.717, 1.165) is 44.6 Å². The molecule has 1 fully saturated rings. The topological polar surface area (TPSA) is 50.2 Å². The first-order chi connectivity index (χ1) is 11.0. The minimum atomic E-state index is 0.0308. The van der Waals surface area contributed by atoms with E-state index < -0.39 is 0 Å². The Balaban J connectivity index is 1.84. The Kier molecular flexibility index (Phi) is 6.63. The summed E-state index contributed by atoms with van der Waals surface area (Å²) in [6, 6.07) is 0.644. The normalized spacial score (nSPS) is 18.3. The van der Waals surface area contributed by atoms with Crippen molar-refractivity contribution in [2.45, 2.75) is 65.0 Å². The van der Waals surface area contributed by atoms with E-state index in [4.69, 9.17) is 0 Å². The number of nitrogens with zero attached hydrogens (tertiary/aromatic N) is 3.